The minimum absolute atomic E-state index is 0.00839. The number of hydrogen-bond acceptors (Lipinski definition) is 21. The average molecular weight is 1780 g/mol. The van der Waals surface area contributed by atoms with Crippen LogP contribution in [0.25, 0.3) is 21.8 Å². The summed E-state index contributed by atoms with van der Waals surface area (Å²) in [6.07, 6.45) is 5.52. The van der Waals surface area contributed by atoms with Gasteiger partial charge >= 0.3 is 0 Å². The number of benzene rings is 3. The fourth-order valence-corrected chi connectivity index (χ4v) is 16.2. The Labute approximate surface area is 740 Å². The highest BCUT2D eigenvalue weighted by molar-refractivity contribution is 7.99. The normalized spacial score (nSPS) is 23.5. The number of aromatic amines is 3. The predicted molar refractivity (Wildman–Crippen MR) is 472 cm³/mol. The van der Waals surface area contributed by atoms with Gasteiger partial charge in [-0.25, -0.2) is 4.98 Å². The van der Waals surface area contributed by atoms with Crippen molar-refractivity contribution in [2.45, 2.75) is 184 Å². The van der Waals surface area contributed by atoms with Crippen molar-refractivity contribution >= 4 is 134 Å². The second-order valence-corrected chi connectivity index (χ2v) is 33.7. The van der Waals surface area contributed by atoms with Crippen molar-refractivity contribution in [2.75, 3.05) is 85.6 Å². The van der Waals surface area contributed by atoms with Crippen LogP contribution in [0.4, 0.5) is 0 Å². The lowest BCUT2D eigenvalue weighted by molar-refractivity contribution is -0.147. The van der Waals surface area contributed by atoms with Crippen LogP contribution in [0.5, 0.6) is 0 Å². The Morgan fingerprint density at radius 3 is 1.80 bits per heavy atom. The number of amides is 15. The van der Waals surface area contributed by atoms with Crippen molar-refractivity contribution in [3.63, 3.8) is 0 Å². The number of fused-ring (bicyclic) bond motifs is 3. The number of carbonyl (C=O) groups excluding carboxylic acids is 16. The Bertz CT molecular complexity index is 4850. The van der Waals surface area contributed by atoms with Gasteiger partial charge in [0.2, 0.25) is 88.6 Å². The summed E-state index contributed by atoms with van der Waals surface area (Å²) in [6.45, 7) is 3.90. The second kappa shape index (κ2) is 48.6. The molecule has 0 bridgehead atoms. The first-order valence-corrected chi connectivity index (χ1v) is 43.6. The number of imidazole rings is 1. The summed E-state index contributed by atoms with van der Waals surface area (Å²) >= 11 is 1.15. The molecular weight excluding hydrogens is 1660 g/mol. The van der Waals surface area contributed by atoms with Crippen molar-refractivity contribution in [1.82, 2.24) is 97.6 Å². The third-order valence-electron chi connectivity index (χ3n) is 22.3. The predicted octanol–water partition coefficient (Wildman–Crippen LogP) is -2.13. The van der Waals surface area contributed by atoms with E-state index in [1.54, 1.807) is 105 Å². The maximum Gasteiger partial charge on any atom is 0.246 e. The summed E-state index contributed by atoms with van der Waals surface area (Å²) in [5, 5.41) is 47.3. The summed E-state index contributed by atoms with van der Waals surface area (Å²) in [6, 6.07) is 7.31. The lowest BCUT2D eigenvalue weighted by Crippen LogP contribution is -2.60. The number of para-hydroxylation sites is 2. The highest BCUT2D eigenvalue weighted by atomic mass is 32.2. The molecule has 0 spiro atoms. The molecule has 2 aliphatic heterocycles. The number of aliphatic hydroxyl groups is 1. The van der Waals surface area contributed by atoms with E-state index in [9.17, 15) is 72.2 Å². The number of guanidine groups is 1. The smallest absolute Gasteiger partial charge is 0.246 e. The van der Waals surface area contributed by atoms with Gasteiger partial charge in [-0.05, 0) is 86.6 Å². The molecule has 2 aliphatic rings. The molecule has 3 aromatic heterocycles. The van der Waals surface area contributed by atoms with Gasteiger partial charge in [0.05, 0.1) is 45.0 Å². The van der Waals surface area contributed by atoms with Crippen LogP contribution < -0.4 is 70.4 Å². The number of rotatable bonds is 23. The maximum atomic E-state index is 15.5. The number of primary amides is 2. The van der Waals surface area contributed by atoms with Gasteiger partial charge in [-0.2, -0.15) is 11.8 Å². The first-order chi connectivity index (χ1) is 60.5. The summed E-state index contributed by atoms with van der Waals surface area (Å²) in [5.74, 6) is -15.3. The zero-order valence-corrected chi connectivity index (χ0v) is 73.7. The zero-order chi connectivity index (χ0) is 92.7. The average Bonchev–Trinajstić information content (AvgIpc) is 1.71. The van der Waals surface area contributed by atoms with E-state index in [0.717, 1.165) is 36.3 Å². The van der Waals surface area contributed by atoms with Crippen molar-refractivity contribution in [1.29, 1.82) is 5.41 Å². The molecule has 0 aliphatic carbocycles. The van der Waals surface area contributed by atoms with Crippen LogP contribution in [0.15, 0.2) is 104 Å². The number of Topliss-reactive ketones (excluding diaryl/α,β-unsaturated/α-hetero) is 1. The van der Waals surface area contributed by atoms with Gasteiger partial charge in [-0.3, -0.25) is 82.1 Å². The van der Waals surface area contributed by atoms with Gasteiger partial charge in [0.1, 0.15) is 60.4 Å². The van der Waals surface area contributed by atoms with E-state index in [-0.39, 0.29) is 107 Å². The monoisotopic (exact) mass is 1780 g/mol. The first kappa shape index (κ1) is 99.6. The van der Waals surface area contributed by atoms with Crippen LogP contribution in [0, 0.1) is 17.2 Å². The molecule has 12 unspecified atom stereocenters. The number of ketones is 1. The second-order valence-electron chi connectivity index (χ2n) is 32.6. The molecule has 688 valence electrons. The quantitative estimate of drug-likeness (QED) is 0.0185. The molecule has 2 saturated heterocycles. The highest BCUT2D eigenvalue weighted by Crippen LogP contribution is 2.26. The van der Waals surface area contributed by atoms with Gasteiger partial charge in [0.15, 0.2) is 11.7 Å². The number of aliphatic hydroxyl groups excluding tert-OH is 1. The molecule has 8 rings (SSSR count). The van der Waals surface area contributed by atoms with E-state index in [2.05, 4.69) is 73.1 Å². The molecule has 2 fully saturated rings. The van der Waals surface area contributed by atoms with Gasteiger partial charge in [0.25, 0.3) is 0 Å². The number of thioether (sulfide) groups is 1. The van der Waals surface area contributed by atoms with Crippen molar-refractivity contribution in [3.8, 4) is 0 Å². The lowest BCUT2D eigenvalue weighted by Gasteiger charge is -2.34. The molecule has 0 saturated carbocycles. The molecule has 127 heavy (non-hydrogen) atoms. The zero-order valence-electron chi connectivity index (χ0n) is 72.9. The fourth-order valence-electron chi connectivity index (χ4n) is 15.3. The number of unbranched alkanes of at least 4 members (excludes halogenated alkanes) is 1. The maximum absolute atomic E-state index is 15.5. The molecule has 12 atom stereocenters. The van der Waals surface area contributed by atoms with E-state index in [1.165, 1.54) is 47.6 Å². The minimum Gasteiger partial charge on any atom is -0.394 e. The molecule has 5 heterocycles. The van der Waals surface area contributed by atoms with Crippen LogP contribution in [-0.2, 0) is 102 Å². The Balaban J connectivity index is 1.14. The first-order valence-electron chi connectivity index (χ1n) is 42.5. The van der Waals surface area contributed by atoms with Crippen LogP contribution in [-0.4, -0.2) is 302 Å². The number of nitrogens with one attached hydrogen (secondary N) is 14. The number of hydrogen-bond donors (Lipinski definition) is 18. The van der Waals surface area contributed by atoms with Crippen molar-refractivity contribution in [3.05, 3.63) is 126 Å². The number of nitrogens with two attached hydrogens (primary N) is 3. The highest BCUT2D eigenvalue weighted by Gasteiger charge is 2.43. The van der Waals surface area contributed by atoms with Crippen molar-refractivity contribution in [2.24, 2.45) is 29.0 Å². The van der Waals surface area contributed by atoms with E-state index >= 15 is 9.59 Å². The molecule has 41 heteroatoms. The Kier molecular flexibility index (Phi) is 38.1. The topological polar surface area (TPSA) is 592 Å². The van der Waals surface area contributed by atoms with Gasteiger partial charge in [-0.1, -0.05) is 100 Å². The molecular formula is C86H121N23O17S. The van der Waals surface area contributed by atoms with Crippen LogP contribution in [0.3, 0.4) is 0 Å². The number of aromatic nitrogens is 4. The number of likely N-dealkylation sites (N-methyl/N-ethyl adjacent to an activating group) is 4. The SMILES string of the molecule is CCCCC1C(=O)N(C)CC(=O)CC(CCCNC(=N)N)C(=O)NC(C(=O)NCC(N)=O)CSCCNC(Cc2ccccc2)C(=O)N(C)C(C)C(=O)NC(CC(N)=O)C(=O)N2CCCC2C(=O)NC(Cc2cnc[nH]2)C(=O)NC(CC(C)C)C(=O)N(C)CC(=O)NC(Cc2c[nH]c3ccccc23)C(=O)NC(CO)C(=O)NC(Cc2c[nH]c3ccccc23)C(=O)N1C. The number of H-pyrrole nitrogens is 3. The van der Waals surface area contributed by atoms with Gasteiger partial charge in [-0.15, -0.1) is 0 Å². The molecule has 6 aromatic rings. The van der Waals surface area contributed by atoms with E-state index in [0.29, 0.717) is 57.0 Å². The molecule has 15 amide bonds. The summed E-state index contributed by atoms with van der Waals surface area (Å²) < 4.78 is 0. The fraction of sp³-hybridized carbons (Fsp3) is 0.512. The molecule has 0 radical (unpaired) electrons. The van der Waals surface area contributed by atoms with Gasteiger partial charge < -0.3 is 115 Å². The minimum atomic E-state index is -1.82. The molecule has 3 aromatic carbocycles. The standard InChI is InChI=1S/C86H121N23O17S/c1-9-10-27-70-85(126)105(5)44-56(111)35-52(22-18-29-93-86(89)90)75(116)104-68(76(117)96-43-72(88)113)47-127-32-30-92-63(34-51-20-12-11-13-21-51)82(123)107(7)50(4)74(115)100-66(39-71(87)112)84(125)109-31-19-28-69(109)80(121)99-62(38-55-42-91-48-97-55)78(119)101-64(33-49(2)3)81(122)106(6)45-73(114)98-61(36-53-40-94-59-25-16-14-23-57(53)59)77(118)103-67(46-110)79(120)102-65(83(124)108(70)8)37-54-41-95-60-26-17-15-24-58(54)60/h11-17,20-21,23-26,40-42,48-50,52,61-70,92,94-95,110H,9-10,18-19,22,27-39,43-47H2,1-8H3,(H2,87,112)(H2,88,113)(H,91,97)(H,96,117)(H,98,114)(H,99,121)(H,100,115)(H,101,119)(H,102,120)(H,103,118)(H,104,116)(H4,89,90,93). The number of carbonyl (C=O) groups is 16. The molecule has 40 nitrogen and oxygen atoms in total. The third kappa shape index (κ3) is 29.4. The Morgan fingerprint density at radius 2 is 1.19 bits per heavy atom. The number of nitrogens with zero attached hydrogens (tertiary/aromatic N) is 6. The lowest BCUT2D eigenvalue weighted by atomic mass is 9.95. The largest absolute Gasteiger partial charge is 0.394 e. The molecule has 21 N–H and O–H groups in total. The summed E-state index contributed by atoms with van der Waals surface area (Å²) in [5.41, 5.74) is 20.2. The summed E-state index contributed by atoms with van der Waals surface area (Å²) in [7, 11) is 5.35. The van der Waals surface area contributed by atoms with Gasteiger partial charge in [0, 0.05) is 137 Å². The van der Waals surface area contributed by atoms with Crippen LogP contribution in [0.1, 0.15) is 114 Å². The van der Waals surface area contributed by atoms with E-state index in [1.807, 2.05) is 6.92 Å². The Morgan fingerprint density at radius 1 is 0.598 bits per heavy atom. The van der Waals surface area contributed by atoms with Crippen LogP contribution >= 0.6 is 11.8 Å². The van der Waals surface area contributed by atoms with E-state index in [4.69, 9.17) is 22.6 Å². The van der Waals surface area contributed by atoms with E-state index < -0.39 is 206 Å². The van der Waals surface area contributed by atoms with Crippen LogP contribution in [0.2, 0.25) is 0 Å². The third-order valence-corrected chi connectivity index (χ3v) is 23.4. The Hall–Kier alpha value is -12.8. The van der Waals surface area contributed by atoms with Crippen molar-refractivity contribution < 1.29 is 81.8 Å². The summed E-state index contributed by atoms with van der Waals surface area (Å²) in [4.78, 5) is 250.